The molecule has 1 aromatic rings. The number of aliphatic carboxylic acids is 1. The summed E-state index contributed by atoms with van der Waals surface area (Å²) in [5.74, 6) is -4.42. The van der Waals surface area contributed by atoms with Crippen molar-refractivity contribution in [2.24, 2.45) is 0 Å². The van der Waals surface area contributed by atoms with Gasteiger partial charge in [-0.2, -0.15) is 26.3 Å². The molecule has 5 nitrogen and oxygen atoms in total. The van der Waals surface area contributed by atoms with Crippen LogP contribution >= 0.6 is 11.6 Å². The molecule has 1 rings (SSSR count). The van der Waals surface area contributed by atoms with Crippen molar-refractivity contribution in [2.75, 3.05) is 0 Å². The number of pyridine rings is 1. The number of carboxylic acids is 1. The van der Waals surface area contributed by atoms with Gasteiger partial charge in [0, 0.05) is 12.6 Å². The lowest BCUT2D eigenvalue weighted by atomic mass is 10.1. The topological polar surface area (TPSA) is 79.3 Å². The van der Waals surface area contributed by atoms with E-state index in [4.69, 9.17) is 16.7 Å². The van der Waals surface area contributed by atoms with Gasteiger partial charge in [0.05, 0.1) is 5.56 Å². The second-order valence-electron chi connectivity index (χ2n) is 4.24. The Morgan fingerprint density at radius 3 is 2.26 bits per heavy atom. The highest BCUT2D eigenvalue weighted by molar-refractivity contribution is 6.30. The van der Waals surface area contributed by atoms with Crippen LogP contribution in [-0.2, 0) is 22.2 Å². The summed E-state index contributed by atoms with van der Waals surface area (Å²) in [6, 6.07) is -1.68. The van der Waals surface area contributed by atoms with Crippen molar-refractivity contribution in [2.45, 2.75) is 24.8 Å². The van der Waals surface area contributed by atoms with Crippen LogP contribution in [0.3, 0.4) is 0 Å². The molecule has 23 heavy (non-hydrogen) atoms. The Bertz CT molecular complexity index is 617. The van der Waals surface area contributed by atoms with Crippen LogP contribution in [0.4, 0.5) is 26.3 Å². The Kier molecular flexibility index (Phi) is 5.46. The number of rotatable bonds is 4. The number of carbonyl (C=O) groups is 2. The summed E-state index contributed by atoms with van der Waals surface area (Å²) in [6.07, 6.45) is -10.7. The summed E-state index contributed by atoms with van der Waals surface area (Å²) in [4.78, 5) is 24.8. The average molecular weight is 365 g/mol. The van der Waals surface area contributed by atoms with Crippen LogP contribution in [0.15, 0.2) is 12.3 Å². The van der Waals surface area contributed by atoms with E-state index in [0.717, 1.165) is 5.32 Å². The molecule has 1 aromatic heterocycles. The summed E-state index contributed by atoms with van der Waals surface area (Å²) < 4.78 is 74.0. The van der Waals surface area contributed by atoms with E-state index in [1.807, 2.05) is 0 Å². The van der Waals surface area contributed by atoms with Crippen molar-refractivity contribution in [3.63, 3.8) is 0 Å². The van der Waals surface area contributed by atoms with Gasteiger partial charge >= 0.3 is 24.2 Å². The van der Waals surface area contributed by atoms with Crippen molar-refractivity contribution in [1.82, 2.24) is 10.3 Å². The number of hydrogen-bond donors (Lipinski definition) is 2. The number of halogens is 7. The molecule has 0 fully saturated rings. The summed E-state index contributed by atoms with van der Waals surface area (Å²) in [7, 11) is 0. The van der Waals surface area contributed by atoms with E-state index >= 15 is 0 Å². The number of amides is 1. The third-order valence-electron chi connectivity index (χ3n) is 2.52. The first-order chi connectivity index (χ1) is 10.3. The van der Waals surface area contributed by atoms with Gasteiger partial charge in [-0.15, -0.1) is 0 Å². The molecular weight excluding hydrogens is 358 g/mol. The molecule has 0 aliphatic carbocycles. The first-order valence-electron chi connectivity index (χ1n) is 5.64. The summed E-state index contributed by atoms with van der Waals surface area (Å²) >= 11 is 5.52. The molecule has 12 heteroatoms. The summed E-state index contributed by atoms with van der Waals surface area (Å²) in [5.41, 5.74) is -1.74. The number of nitrogens with one attached hydrogen (secondary N) is 1. The predicted molar refractivity (Wildman–Crippen MR) is 63.6 cm³/mol. The molecule has 1 heterocycles. The SMILES string of the molecule is O=C(O)C(Cc1cc(C(F)(F)F)cnc1Cl)NC(=O)C(F)(F)F. The molecule has 2 N–H and O–H groups in total. The Labute approximate surface area is 129 Å². The molecule has 0 saturated heterocycles. The summed E-state index contributed by atoms with van der Waals surface area (Å²) in [6.45, 7) is 0. The third kappa shape index (κ3) is 5.27. The van der Waals surface area contributed by atoms with Crippen LogP contribution in [0.1, 0.15) is 11.1 Å². The molecule has 0 bridgehead atoms. The zero-order valence-corrected chi connectivity index (χ0v) is 11.6. The largest absolute Gasteiger partial charge is 0.480 e. The van der Waals surface area contributed by atoms with E-state index in [0.29, 0.717) is 12.3 Å². The first-order valence-corrected chi connectivity index (χ1v) is 6.02. The van der Waals surface area contributed by atoms with Gasteiger partial charge in [-0.05, 0) is 11.6 Å². The van der Waals surface area contributed by atoms with Crippen molar-refractivity contribution in [3.8, 4) is 0 Å². The van der Waals surface area contributed by atoms with Crippen LogP contribution in [0.2, 0.25) is 5.15 Å². The molecule has 1 amide bonds. The number of aromatic nitrogens is 1. The molecule has 1 unspecified atom stereocenters. The van der Waals surface area contributed by atoms with Gasteiger partial charge in [0.1, 0.15) is 11.2 Å². The van der Waals surface area contributed by atoms with Crippen LogP contribution in [0.5, 0.6) is 0 Å². The van der Waals surface area contributed by atoms with Crippen molar-refractivity contribution >= 4 is 23.5 Å². The monoisotopic (exact) mass is 364 g/mol. The van der Waals surface area contributed by atoms with Gasteiger partial charge in [-0.3, -0.25) is 4.79 Å². The number of hydrogen-bond acceptors (Lipinski definition) is 3. The van der Waals surface area contributed by atoms with Crippen LogP contribution in [0.25, 0.3) is 0 Å². The minimum Gasteiger partial charge on any atom is -0.480 e. The standard InChI is InChI=1S/C11H7ClF6N2O3/c12-7-4(1-5(3-19-7)10(13,14)15)2-6(8(21)22)20-9(23)11(16,17)18/h1,3,6H,2H2,(H,20,23)(H,21,22). The molecule has 0 spiro atoms. The normalized spacial score (nSPS) is 13.5. The van der Waals surface area contributed by atoms with E-state index in [9.17, 15) is 35.9 Å². The fourth-order valence-corrected chi connectivity index (χ4v) is 1.63. The lowest BCUT2D eigenvalue weighted by molar-refractivity contribution is -0.175. The van der Waals surface area contributed by atoms with E-state index in [-0.39, 0.29) is 0 Å². The second-order valence-corrected chi connectivity index (χ2v) is 4.60. The van der Waals surface area contributed by atoms with Crippen molar-refractivity contribution in [3.05, 3.63) is 28.5 Å². The lowest BCUT2D eigenvalue weighted by Crippen LogP contribution is -2.47. The molecule has 0 saturated carbocycles. The second kappa shape index (κ2) is 6.60. The fraction of sp³-hybridized carbons (Fsp3) is 0.364. The molecule has 0 radical (unpaired) electrons. The van der Waals surface area contributed by atoms with Gasteiger partial charge < -0.3 is 10.4 Å². The molecule has 1 atom stereocenters. The maximum absolute atomic E-state index is 12.5. The minimum atomic E-state index is -5.34. The van der Waals surface area contributed by atoms with Gasteiger partial charge in [0.25, 0.3) is 0 Å². The predicted octanol–water partition coefficient (Wildman–Crippen LogP) is 2.43. The molecule has 0 aliphatic rings. The van der Waals surface area contributed by atoms with Crippen molar-refractivity contribution < 1.29 is 41.0 Å². The van der Waals surface area contributed by atoms with Gasteiger partial charge in [0.2, 0.25) is 0 Å². The Morgan fingerprint density at radius 1 is 1.26 bits per heavy atom. The maximum atomic E-state index is 12.5. The minimum absolute atomic E-state index is 0.385. The van der Waals surface area contributed by atoms with Gasteiger partial charge in [-0.25, -0.2) is 9.78 Å². The number of nitrogens with zero attached hydrogens (tertiary/aromatic N) is 1. The van der Waals surface area contributed by atoms with Crippen molar-refractivity contribution in [1.29, 1.82) is 0 Å². The molecular formula is C11H7ClF6N2O3. The Morgan fingerprint density at radius 2 is 1.83 bits per heavy atom. The van der Waals surface area contributed by atoms with Gasteiger partial charge in [-0.1, -0.05) is 11.6 Å². The van der Waals surface area contributed by atoms with E-state index < -0.39 is 53.0 Å². The highest BCUT2D eigenvalue weighted by Gasteiger charge is 2.41. The third-order valence-corrected chi connectivity index (χ3v) is 2.86. The zero-order valence-electron chi connectivity index (χ0n) is 10.8. The molecule has 0 aromatic carbocycles. The number of carboxylic acid groups (broad SMARTS) is 1. The van der Waals surface area contributed by atoms with Crippen LogP contribution < -0.4 is 5.32 Å². The average Bonchev–Trinajstić information content (AvgIpc) is 2.37. The van der Waals surface area contributed by atoms with Gasteiger partial charge in [0.15, 0.2) is 0 Å². The number of carbonyl (C=O) groups excluding carboxylic acids is 1. The maximum Gasteiger partial charge on any atom is 0.471 e. The molecule has 128 valence electrons. The smallest absolute Gasteiger partial charge is 0.471 e. The highest BCUT2D eigenvalue weighted by atomic mass is 35.5. The van der Waals surface area contributed by atoms with Crippen LogP contribution in [0, 0.1) is 0 Å². The fourth-order valence-electron chi connectivity index (χ4n) is 1.45. The Balaban J connectivity index is 3.06. The highest BCUT2D eigenvalue weighted by Crippen LogP contribution is 2.31. The quantitative estimate of drug-likeness (QED) is 0.635. The Hall–Kier alpha value is -2.04. The van der Waals surface area contributed by atoms with Crippen LogP contribution in [-0.4, -0.2) is 34.2 Å². The van der Waals surface area contributed by atoms with E-state index in [1.54, 1.807) is 0 Å². The van der Waals surface area contributed by atoms with E-state index in [2.05, 4.69) is 4.98 Å². The number of alkyl halides is 6. The zero-order chi connectivity index (χ0) is 18.0. The van der Waals surface area contributed by atoms with E-state index in [1.165, 1.54) is 0 Å². The first kappa shape index (κ1) is 19.0. The summed E-state index contributed by atoms with van der Waals surface area (Å²) in [5, 5.41) is 9.44. The lowest BCUT2D eigenvalue weighted by Gasteiger charge is -2.17. The molecule has 0 aliphatic heterocycles.